The summed E-state index contributed by atoms with van der Waals surface area (Å²) in [7, 11) is 3.58. The van der Waals surface area contributed by atoms with Gasteiger partial charge in [0.15, 0.2) is 11.5 Å². The standard InChI is InChI=1S/C14H23ClN2O2.2ClH/c1-4-19-14-11(10-17-7-5-6-16-2)8-12(15)9-13(14)18-3;;/h8-9,16-17H,4-7,10H2,1-3H3;2*1H. The summed E-state index contributed by atoms with van der Waals surface area (Å²) in [6.07, 6.45) is 1.08. The molecule has 0 amide bonds. The number of halogens is 3. The summed E-state index contributed by atoms with van der Waals surface area (Å²) in [4.78, 5) is 0. The van der Waals surface area contributed by atoms with E-state index in [2.05, 4.69) is 10.6 Å². The van der Waals surface area contributed by atoms with Crippen molar-refractivity contribution in [3.63, 3.8) is 0 Å². The Bertz CT molecular complexity index is 393. The van der Waals surface area contributed by atoms with Gasteiger partial charge in [-0.05, 0) is 39.5 Å². The van der Waals surface area contributed by atoms with Crippen LogP contribution in [-0.2, 0) is 6.54 Å². The normalized spacial score (nSPS) is 9.52. The smallest absolute Gasteiger partial charge is 0.165 e. The van der Waals surface area contributed by atoms with Crippen LogP contribution in [0.5, 0.6) is 11.5 Å². The van der Waals surface area contributed by atoms with E-state index in [9.17, 15) is 0 Å². The molecule has 0 aliphatic rings. The van der Waals surface area contributed by atoms with Crippen LogP contribution in [0.1, 0.15) is 18.9 Å². The molecule has 0 aromatic heterocycles. The first-order chi connectivity index (χ1) is 9.22. The maximum atomic E-state index is 6.09. The summed E-state index contributed by atoms with van der Waals surface area (Å²) < 4.78 is 11.0. The van der Waals surface area contributed by atoms with Gasteiger partial charge in [-0.15, -0.1) is 24.8 Å². The molecule has 0 radical (unpaired) electrons. The van der Waals surface area contributed by atoms with E-state index in [0.29, 0.717) is 17.4 Å². The molecule has 0 saturated heterocycles. The van der Waals surface area contributed by atoms with Crippen molar-refractivity contribution < 1.29 is 9.47 Å². The highest BCUT2D eigenvalue weighted by atomic mass is 35.5. The fourth-order valence-electron chi connectivity index (χ4n) is 1.83. The van der Waals surface area contributed by atoms with E-state index in [0.717, 1.165) is 37.4 Å². The molecule has 0 spiro atoms. The average molecular weight is 360 g/mol. The maximum absolute atomic E-state index is 6.09. The monoisotopic (exact) mass is 358 g/mol. The summed E-state index contributed by atoms with van der Waals surface area (Å²) in [6, 6.07) is 3.69. The lowest BCUT2D eigenvalue weighted by atomic mass is 10.1. The van der Waals surface area contributed by atoms with Crippen molar-refractivity contribution in [1.82, 2.24) is 10.6 Å². The summed E-state index contributed by atoms with van der Waals surface area (Å²) in [5.41, 5.74) is 1.02. The summed E-state index contributed by atoms with van der Waals surface area (Å²) in [5, 5.41) is 7.16. The predicted octanol–water partition coefficient (Wildman–Crippen LogP) is 3.29. The fourth-order valence-corrected chi connectivity index (χ4v) is 2.06. The van der Waals surface area contributed by atoms with Gasteiger partial charge in [0.25, 0.3) is 0 Å². The molecule has 2 N–H and O–H groups in total. The van der Waals surface area contributed by atoms with Gasteiger partial charge in [0, 0.05) is 23.2 Å². The molecular formula is C14H25Cl3N2O2. The number of methoxy groups -OCH3 is 1. The second-order valence-corrected chi connectivity index (χ2v) is 4.60. The molecule has 7 heteroatoms. The van der Waals surface area contributed by atoms with Gasteiger partial charge >= 0.3 is 0 Å². The Morgan fingerprint density at radius 2 is 1.90 bits per heavy atom. The lowest BCUT2D eigenvalue weighted by Gasteiger charge is -2.15. The van der Waals surface area contributed by atoms with Crippen molar-refractivity contribution in [3.05, 3.63) is 22.7 Å². The zero-order chi connectivity index (χ0) is 14.1. The molecule has 21 heavy (non-hydrogen) atoms. The molecule has 0 unspecified atom stereocenters. The van der Waals surface area contributed by atoms with Gasteiger partial charge in [0.05, 0.1) is 13.7 Å². The van der Waals surface area contributed by atoms with E-state index in [4.69, 9.17) is 21.1 Å². The average Bonchev–Trinajstić information content (AvgIpc) is 2.41. The Labute approximate surface area is 144 Å². The Balaban J connectivity index is 0. The molecule has 1 rings (SSSR count). The Morgan fingerprint density at radius 1 is 1.19 bits per heavy atom. The van der Waals surface area contributed by atoms with Crippen LogP contribution < -0.4 is 20.1 Å². The molecule has 0 aliphatic carbocycles. The maximum Gasteiger partial charge on any atom is 0.165 e. The summed E-state index contributed by atoms with van der Waals surface area (Å²) in [5.74, 6) is 1.46. The van der Waals surface area contributed by atoms with Crippen molar-refractivity contribution in [2.75, 3.05) is 33.9 Å². The van der Waals surface area contributed by atoms with Gasteiger partial charge in [0.1, 0.15) is 0 Å². The predicted molar refractivity (Wildman–Crippen MR) is 93.9 cm³/mol. The van der Waals surface area contributed by atoms with Crippen LogP contribution in [0, 0.1) is 0 Å². The first-order valence-electron chi connectivity index (χ1n) is 6.57. The molecule has 4 nitrogen and oxygen atoms in total. The minimum absolute atomic E-state index is 0. The zero-order valence-electron chi connectivity index (χ0n) is 12.7. The minimum Gasteiger partial charge on any atom is -0.493 e. The fraction of sp³-hybridized carbons (Fsp3) is 0.571. The van der Waals surface area contributed by atoms with E-state index in [1.54, 1.807) is 13.2 Å². The van der Waals surface area contributed by atoms with Crippen molar-refractivity contribution in [2.24, 2.45) is 0 Å². The lowest BCUT2D eigenvalue weighted by molar-refractivity contribution is 0.307. The molecular weight excluding hydrogens is 335 g/mol. The molecule has 0 fully saturated rings. The number of rotatable bonds is 9. The van der Waals surface area contributed by atoms with Crippen molar-refractivity contribution in [2.45, 2.75) is 19.9 Å². The Kier molecular flexibility index (Phi) is 14.5. The van der Waals surface area contributed by atoms with Crippen molar-refractivity contribution >= 4 is 36.4 Å². The first-order valence-corrected chi connectivity index (χ1v) is 6.95. The molecule has 1 aromatic rings. The van der Waals surface area contributed by atoms with Crippen LogP contribution in [0.25, 0.3) is 0 Å². The highest BCUT2D eigenvalue weighted by Gasteiger charge is 2.12. The van der Waals surface area contributed by atoms with Gasteiger partial charge in [-0.25, -0.2) is 0 Å². The van der Waals surface area contributed by atoms with Gasteiger partial charge in [-0.2, -0.15) is 0 Å². The number of benzene rings is 1. The van der Waals surface area contributed by atoms with E-state index in [1.807, 2.05) is 20.0 Å². The summed E-state index contributed by atoms with van der Waals surface area (Å²) >= 11 is 6.09. The van der Waals surface area contributed by atoms with Gasteiger partial charge in [-0.1, -0.05) is 11.6 Å². The first kappa shape index (κ1) is 22.9. The minimum atomic E-state index is 0. The number of nitrogens with one attached hydrogen (secondary N) is 2. The van der Waals surface area contributed by atoms with E-state index in [1.165, 1.54) is 0 Å². The molecule has 1 aromatic carbocycles. The largest absolute Gasteiger partial charge is 0.493 e. The molecule has 124 valence electrons. The Hall–Kier alpha value is -0.390. The van der Waals surface area contributed by atoms with Crippen LogP contribution in [0.15, 0.2) is 12.1 Å². The Morgan fingerprint density at radius 3 is 2.48 bits per heavy atom. The summed E-state index contributed by atoms with van der Waals surface area (Å²) in [6.45, 7) is 5.23. The molecule has 0 atom stereocenters. The third-order valence-electron chi connectivity index (χ3n) is 2.70. The second-order valence-electron chi connectivity index (χ2n) is 4.16. The quantitative estimate of drug-likeness (QED) is 0.664. The number of ether oxygens (including phenoxy) is 2. The zero-order valence-corrected chi connectivity index (χ0v) is 15.1. The van der Waals surface area contributed by atoms with E-state index in [-0.39, 0.29) is 24.8 Å². The highest BCUT2D eigenvalue weighted by molar-refractivity contribution is 6.30. The van der Waals surface area contributed by atoms with Crippen molar-refractivity contribution in [1.29, 1.82) is 0 Å². The van der Waals surface area contributed by atoms with Crippen molar-refractivity contribution in [3.8, 4) is 11.5 Å². The topological polar surface area (TPSA) is 42.5 Å². The molecule has 0 saturated carbocycles. The van der Waals surface area contributed by atoms with Gasteiger partial charge in [0.2, 0.25) is 0 Å². The van der Waals surface area contributed by atoms with Crippen LogP contribution in [0.4, 0.5) is 0 Å². The third-order valence-corrected chi connectivity index (χ3v) is 2.92. The lowest BCUT2D eigenvalue weighted by Crippen LogP contribution is -2.20. The van der Waals surface area contributed by atoms with Gasteiger partial charge < -0.3 is 20.1 Å². The van der Waals surface area contributed by atoms with Crippen LogP contribution in [0.2, 0.25) is 5.02 Å². The van der Waals surface area contributed by atoms with Gasteiger partial charge in [-0.3, -0.25) is 0 Å². The second kappa shape index (κ2) is 13.3. The van der Waals surface area contributed by atoms with E-state index >= 15 is 0 Å². The number of hydrogen-bond acceptors (Lipinski definition) is 4. The number of hydrogen-bond donors (Lipinski definition) is 2. The van der Waals surface area contributed by atoms with Crippen LogP contribution in [-0.4, -0.2) is 33.9 Å². The molecule has 0 aliphatic heterocycles. The third kappa shape index (κ3) is 7.98. The highest BCUT2D eigenvalue weighted by Crippen LogP contribution is 2.34. The van der Waals surface area contributed by atoms with E-state index < -0.39 is 0 Å². The molecule has 0 heterocycles. The van der Waals surface area contributed by atoms with Crippen LogP contribution in [0.3, 0.4) is 0 Å². The van der Waals surface area contributed by atoms with Crippen LogP contribution >= 0.6 is 36.4 Å². The SMILES string of the molecule is CCOc1c(CNCCCNC)cc(Cl)cc1OC.Cl.Cl. The molecule has 0 bridgehead atoms.